The molecule has 0 saturated heterocycles. The number of ether oxygens (including phenoxy) is 2. The smallest absolute Gasteiger partial charge is 0.318 e. The molecule has 0 amide bonds. The Labute approximate surface area is 77.9 Å². The molecule has 1 aliphatic heterocycles. The van der Waals surface area contributed by atoms with E-state index in [0.29, 0.717) is 32.1 Å². The number of carbonyl (C=O) groups is 1. The summed E-state index contributed by atoms with van der Waals surface area (Å²) in [5.74, 6) is 0.0630. The van der Waals surface area contributed by atoms with E-state index in [4.69, 9.17) is 9.47 Å². The molecular formula is C9H15NO3. The molecule has 4 heteroatoms. The summed E-state index contributed by atoms with van der Waals surface area (Å²) < 4.78 is 10.1. The summed E-state index contributed by atoms with van der Waals surface area (Å²) in [4.78, 5) is 15.5. The van der Waals surface area contributed by atoms with Crippen LogP contribution in [0.25, 0.3) is 0 Å². The zero-order valence-corrected chi connectivity index (χ0v) is 8.08. The van der Waals surface area contributed by atoms with E-state index in [1.807, 2.05) is 6.92 Å². The van der Waals surface area contributed by atoms with Gasteiger partial charge in [-0.1, -0.05) is 0 Å². The molecule has 0 aromatic heterocycles. The zero-order chi connectivity index (χ0) is 9.68. The quantitative estimate of drug-likeness (QED) is 0.616. The van der Waals surface area contributed by atoms with Crippen molar-refractivity contribution in [3.63, 3.8) is 0 Å². The van der Waals surface area contributed by atoms with E-state index >= 15 is 0 Å². The Balaban J connectivity index is 2.50. The van der Waals surface area contributed by atoms with E-state index in [2.05, 4.69) is 4.99 Å². The molecule has 1 heterocycles. The van der Waals surface area contributed by atoms with Gasteiger partial charge in [-0.3, -0.25) is 9.79 Å². The van der Waals surface area contributed by atoms with Gasteiger partial charge in [0.05, 0.1) is 13.2 Å². The number of esters is 1. The lowest BCUT2D eigenvalue weighted by Crippen LogP contribution is -2.25. The standard InChI is InChI=1S/C9H15NO3/c1-3-12-8-7(5-6-10-8)9(11)13-4-2/h7H,3-6H2,1-2H3/t7-/m1/s1. The minimum Gasteiger partial charge on any atom is -0.481 e. The van der Waals surface area contributed by atoms with Crippen molar-refractivity contribution in [1.82, 2.24) is 0 Å². The molecule has 0 aromatic rings. The van der Waals surface area contributed by atoms with Crippen molar-refractivity contribution in [3.8, 4) is 0 Å². The van der Waals surface area contributed by atoms with Crippen LogP contribution in [-0.2, 0) is 14.3 Å². The predicted octanol–water partition coefficient (Wildman–Crippen LogP) is 1.00. The van der Waals surface area contributed by atoms with Gasteiger partial charge in [-0.05, 0) is 20.3 Å². The fourth-order valence-corrected chi connectivity index (χ4v) is 1.29. The fraction of sp³-hybridized carbons (Fsp3) is 0.778. The third-order valence-corrected chi connectivity index (χ3v) is 1.85. The maximum atomic E-state index is 11.3. The second kappa shape index (κ2) is 4.84. The summed E-state index contributed by atoms with van der Waals surface area (Å²) in [6, 6.07) is 0. The molecule has 0 aromatic carbocycles. The lowest BCUT2D eigenvalue weighted by Gasteiger charge is -2.11. The average Bonchev–Trinajstić information content (AvgIpc) is 2.54. The molecule has 0 aliphatic carbocycles. The SMILES string of the molecule is CCOC(=O)[C@@H]1CCN=C1OCC. The molecule has 0 N–H and O–H groups in total. The Bertz CT molecular complexity index is 213. The van der Waals surface area contributed by atoms with Crippen molar-refractivity contribution >= 4 is 11.9 Å². The van der Waals surface area contributed by atoms with E-state index in [0.717, 1.165) is 0 Å². The van der Waals surface area contributed by atoms with Crippen LogP contribution in [0.1, 0.15) is 20.3 Å². The summed E-state index contributed by atoms with van der Waals surface area (Å²) in [5, 5.41) is 0. The first-order valence-electron chi connectivity index (χ1n) is 4.63. The van der Waals surface area contributed by atoms with E-state index in [9.17, 15) is 4.79 Å². The molecule has 1 aliphatic rings. The summed E-state index contributed by atoms with van der Waals surface area (Å²) in [5.41, 5.74) is 0. The Morgan fingerprint density at radius 3 is 2.92 bits per heavy atom. The van der Waals surface area contributed by atoms with Crippen molar-refractivity contribution in [2.45, 2.75) is 20.3 Å². The monoisotopic (exact) mass is 185 g/mol. The molecule has 13 heavy (non-hydrogen) atoms. The first-order valence-corrected chi connectivity index (χ1v) is 4.63. The minimum atomic E-state index is -0.264. The van der Waals surface area contributed by atoms with Crippen LogP contribution in [0, 0.1) is 5.92 Å². The second-order valence-electron chi connectivity index (χ2n) is 2.75. The normalized spacial score (nSPS) is 21.1. The van der Waals surface area contributed by atoms with Crippen LogP contribution < -0.4 is 0 Å². The first-order chi connectivity index (χ1) is 6.29. The van der Waals surface area contributed by atoms with Crippen LogP contribution in [0.3, 0.4) is 0 Å². The first kappa shape index (κ1) is 10.0. The van der Waals surface area contributed by atoms with Gasteiger partial charge >= 0.3 is 5.97 Å². The summed E-state index contributed by atoms with van der Waals surface area (Å²) in [6.07, 6.45) is 0.716. The van der Waals surface area contributed by atoms with Crippen molar-refractivity contribution in [2.75, 3.05) is 19.8 Å². The molecule has 0 bridgehead atoms. The lowest BCUT2D eigenvalue weighted by atomic mass is 10.1. The molecule has 0 unspecified atom stereocenters. The Morgan fingerprint density at radius 2 is 2.31 bits per heavy atom. The second-order valence-corrected chi connectivity index (χ2v) is 2.75. The summed E-state index contributed by atoms with van der Waals surface area (Å²) >= 11 is 0. The number of hydrogen-bond donors (Lipinski definition) is 0. The molecule has 0 fully saturated rings. The van der Waals surface area contributed by atoms with Crippen molar-refractivity contribution in [2.24, 2.45) is 10.9 Å². The number of rotatable bonds is 3. The van der Waals surface area contributed by atoms with Gasteiger partial charge in [0.25, 0.3) is 0 Å². The molecule has 4 nitrogen and oxygen atoms in total. The molecular weight excluding hydrogens is 170 g/mol. The molecule has 0 spiro atoms. The topological polar surface area (TPSA) is 47.9 Å². The van der Waals surface area contributed by atoms with Crippen molar-refractivity contribution in [1.29, 1.82) is 0 Å². The zero-order valence-electron chi connectivity index (χ0n) is 8.08. The molecule has 74 valence electrons. The van der Waals surface area contributed by atoms with Gasteiger partial charge in [0, 0.05) is 6.54 Å². The highest BCUT2D eigenvalue weighted by molar-refractivity contribution is 5.98. The van der Waals surface area contributed by atoms with Crippen molar-refractivity contribution < 1.29 is 14.3 Å². The van der Waals surface area contributed by atoms with Crippen LogP contribution in [0.2, 0.25) is 0 Å². The molecule has 1 atom stereocenters. The lowest BCUT2D eigenvalue weighted by molar-refractivity contribution is -0.145. The van der Waals surface area contributed by atoms with Gasteiger partial charge in [0.15, 0.2) is 5.90 Å². The summed E-state index contributed by atoms with van der Waals surface area (Å²) in [6.45, 7) is 5.30. The highest BCUT2D eigenvalue weighted by Crippen LogP contribution is 2.16. The maximum Gasteiger partial charge on any atom is 0.318 e. The maximum absolute atomic E-state index is 11.3. The largest absolute Gasteiger partial charge is 0.481 e. The van der Waals surface area contributed by atoms with E-state index in [1.165, 1.54) is 0 Å². The van der Waals surface area contributed by atoms with Gasteiger partial charge in [-0.15, -0.1) is 0 Å². The van der Waals surface area contributed by atoms with Crippen LogP contribution in [0.15, 0.2) is 4.99 Å². The highest BCUT2D eigenvalue weighted by Gasteiger charge is 2.30. The third kappa shape index (κ3) is 2.44. The Hall–Kier alpha value is -1.06. The van der Waals surface area contributed by atoms with Crippen LogP contribution in [-0.4, -0.2) is 31.6 Å². The van der Waals surface area contributed by atoms with Crippen LogP contribution in [0.4, 0.5) is 0 Å². The Morgan fingerprint density at radius 1 is 1.54 bits per heavy atom. The molecule has 1 rings (SSSR count). The number of nitrogens with zero attached hydrogens (tertiary/aromatic N) is 1. The average molecular weight is 185 g/mol. The van der Waals surface area contributed by atoms with Crippen molar-refractivity contribution in [3.05, 3.63) is 0 Å². The van der Waals surface area contributed by atoms with E-state index < -0.39 is 0 Å². The molecule has 0 saturated carbocycles. The summed E-state index contributed by atoms with van der Waals surface area (Å²) in [7, 11) is 0. The van der Waals surface area contributed by atoms with E-state index in [1.54, 1.807) is 6.92 Å². The van der Waals surface area contributed by atoms with Gasteiger partial charge in [0.1, 0.15) is 5.92 Å². The third-order valence-electron chi connectivity index (χ3n) is 1.85. The number of aliphatic imine (C=N–C) groups is 1. The van der Waals surface area contributed by atoms with E-state index in [-0.39, 0.29) is 11.9 Å². The number of carbonyl (C=O) groups excluding carboxylic acids is 1. The van der Waals surface area contributed by atoms with Gasteiger partial charge < -0.3 is 9.47 Å². The van der Waals surface area contributed by atoms with Crippen LogP contribution in [0.5, 0.6) is 0 Å². The Kier molecular flexibility index (Phi) is 3.73. The van der Waals surface area contributed by atoms with Gasteiger partial charge in [0.2, 0.25) is 0 Å². The number of hydrogen-bond acceptors (Lipinski definition) is 4. The minimum absolute atomic E-state index is 0.216. The highest BCUT2D eigenvalue weighted by atomic mass is 16.5. The predicted molar refractivity (Wildman–Crippen MR) is 48.7 cm³/mol. The molecule has 0 radical (unpaired) electrons. The van der Waals surface area contributed by atoms with Gasteiger partial charge in [-0.2, -0.15) is 0 Å². The fourth-order valence-electron chi connectivity index (χ4n) is 1.29. The van der Waals surface area contributed by atoms with Crippen LogP contribution >= 0.6 is 0 Å². The van der Waals surface area contributed by atoms with Gasteiger partial charge in [-0.25, -0.2) is 0 Å².